The minimum absolute atomic E-state index is 0.0666. The van der Waals surface area contributed by atoms with Gasteiger partial charge in [0.15, 0.2) is 5.96 Å². The predicted molar refractivity (Wildman–Crippen MR) is 97.0 cm³/mol. The van der Waals surface area contributed by atoms with Crippen molar-refractivity contribution < 1.29 is 27.4 Å². The molecule has 0 aliphatic carbocycles. The minimum atomic E-state index is -4.43. The molecule has 0 saturated carbocycles. The Kier molecular flexibility index (Phi) is 7.27. The van der Waals surface area contributed by atoms with Gasteiger partial charge in [-0.25, -0.2) is 9.98 Å². The third-order valence-corrected chi connectivity index (χ3v) is 3.65. The summed E-state index contributed by atoms with van der Waals surface area (Å²) in [5, 5.41) is 16.5. The van der Waals surface area contributed by atoms with Crippen LogP contribution in [0.5, 0.6) is 5.88 Å². The normalized spacial score (nSPS) is 14.4. The van der Waals surface area contributed by atoms with Crippen molar-refractivity contribution >= 4 is 5.96 Å². The van der Waals surface area contributed by atoms with Crippen LogP contribution in [0.2, 0.25) is 0 Å². The first-order chi connectivity index (χ1) is 13.2. The maximum atomic E-state index is 12.5. The van der Waals surface area contributed by atoms with Gasteiger partial charge in [0.05, 0.1) is 24.9 Å². The molecule has 2 heterocycles. The molecule has 0 spiro atoms. The standard InChI is InChI=1S/C18H23F3N4O3/c1-3-22-16(25-12-17(2,26)14-5-4-9-27-14)23-8-10-28-15-7-6-13(11-24-15)18(19,20)21/h4-7,9,11,26H,3,8,10,12H2,1-2H3,(H2,22,23,25). The number of halogens is 3. The lowest BCUT2D eigenvalue weighted by molar-refractivity contribution is -0.137. The van der Waals surface area contributed by atoms with Gasteiger partial charge in [0.1, 0.15) is 18.0 Å². The molecule has 0 aliphatic rings. The number of rotatable bonds is 8. The second kappa shape index (κ2) is 9.45. The molecule has 10 heteroatoms. The van der Waals surface area contributed by atoms with Crippen LogP contribution in [0.15, 0.2) is 46.1 Å². The lowest BCUT2D eigenvalue weighted by atomic mass is 10.0. The second-order valence-electron chi connectivity index (χ2n) is 6.10. The number of pyridine rings is 1. The molecule has 7 nitrogen and oxygen atoms in total. The van der Waals surface area contributed by atoms with E-state index in [-0.39, 0.29) is 19.0 Å². The molecule has 1 unspecified atom stereocenters. The van der Waals surface area contributed by atoms with E-state index in [9.17, 15) is 18.3 Å². The number of nitrogens with one attached hydrogen (secondary N) is 2. The molecule has 154 valence electrons. The van der Waals surface area contributed by atoms with Gasteiger partial charge in [-0.15, -0.1) is 0 Å². The van der Waals surface area contributed by atoms with Crippen molar-refractivity contribution in [2.45, 2.75) is 25.6 Å². The van der Waals surface area contributed by atoms with E-state index in [1.165, 1.54) is 12.3 Å². The van der Waals surface area contributed by atoms with Gasteiger partial charge >= 0.3 is 6.18 Å². The molecule has 28 heavy (non-hydrogen) atoms. The smallest absolute Gasteiger partial charge is 0.417 e. The Hall–Kier alpha value is -2.75. The SMILES string of the molecule is CCNC(=NCC(C)(O)c1ccco1)NCCOc1ccc(C(F)(F)F)cn1. The Morgan fingerprint density at radius 1 is 1.29 bits per heavy atom. The second-order valence-corrected chi connectivity index (χ2v) is 6.10. The molecule has 0 bridgehead atoms. The summed E-state index contributed by atoms with van der Waals surface area (Å²) in [5.41, 5.74) is -2.09. The summed E-state index contributed by atoms with van der Waals surface area (Å²) in [4.78, 5) is 7.95. The number of ether oxygens (including phenoxy) is 1. The van der Waals surface area contributed by atoms with Crippen molar-refractivity contribution in [2.75, 3.05) is 26.2 Å². The topological polar surface area (TPSA) is 91.9 Å². The van der Waals surface area contributed by atoms with E-state index in [0.29, 0.717) is 24.8 Å². The van der Waals surface area contributed by atoms with Crippen LogP contribution in [-0.2, 0) is 11.8 Å². The molecule has 0 saturated heterocycles. The molecule has 0 radical (unpaired) electrons. The van der Waals surface area contributed by atoms with Crippen molar-refractivity contribution in [3.8, 4) is 5.88 Å². The van der Waals surface area contributed by atoms with Crippen molar-refractivity contribution in [1.29, 1.82) is 0 Å². The van der Waals surface area contributed by atoms with Crippen molar-refractivity contribution in [1.82, 2.24) is 15.6 Å². The fourth-order valence-corrected chi connectivity index (χ4v) is 2.20. The molecule has 2 aromatic heterocycles. The highest BCUT2D eigenvalue weighted by atomic mass is 19.4. The molecule has 2 aromatic rings. The van der Waals surface area contributed by atoms with Crippen LogP contribution in [0.4, 0.5) is 13.2 Å². The fourth-order valence-electron chi connectivity index (χ4n) is 2.20. The Morgan fingerprint density at radius 2 is 2.07 bits per heavy atom. The molecular formula is C18H23F3N4O3. The zero-order chi connectivity index (χ0) is 20.6. The summed E-state index contributed by atoms with van der Waals surface area (Å²) in [6.45, 7) is 4.66. The van der Waals surface area contributed by atoms with E-state index >= 15 is 0 Å². The molecule has 3 N–H and O–H groups in total. The monoisotopic (exact) mass is 400 g/mol. The zero-order valence-electron chi connectivity index (χ0n) is 15.6. The number of hydrogen-bond donors (Lipinski definition) is 3. The third kappa shape index (κ3) is 6.45. The largest absolute Gasteiger partial charge is 0.476 e. The first-order valence-electron chi connectivity index (χ1n) is 8.67. The summed E-state index contributed by atoms with van der Waals surface area (Å²) in [7, 11) is 0. The van der Waals surface area contributed by atoms with E-state index in [0.717, 1.165) is 12.3 Å². The number of furan rings is 1. The average molecular weight is 400 g/mol. The van der Waals surface area contributed by atoms with Crippen LogP contribution in [0, 0.1) is 0 Å². The van der Waals surface area contributed by atoms with Crippen molar-refractivity contribution in [3.63, 3.8) is 0 Å². The lowest BCUT2D eigenvalue weighted by Crippen LogP contribution is -2.40. The Labute approximate surface area is 160 Å². The van der Waals surface area contributed by atoms with Gasteiger partial charge in [-0.05, 0) is 32.0 Å². The maximum absolute atomic E-state index is 12.5. The Bertz CT molecular complexity index is 744. The number of aliphatic imine (C=N–C) groups is 1. The van der Waals surface area contributed by atoms with E-state index in [1.807, 2.05) is 6.92 Å². The van der Waals surface area contributed by atoms with Gasteiger partial charge in [-0.3, -0.25) is 0 Å². The van der Waals surface area contributed by atoms with E-state index < -0.39 is 17.3 Å². The van der Waals surface area contributed by atoms with Gasteiger partial charge in [0.2, 0.25) is 5.88 Å². The number of aliphatic hydroxyl groups is 1. The molecule has 0 aliphatic heterocycles. The van der Waals surface area contributed by atoms with Gasteiger partial charge in [-0.2, -0.15) is 13.2 Å². The van der Waals surface area contributed by atoms with Gasteiger partial charge in [0.25, 0.3) is 0 Å². The third-order valence-electron chi connectivity index (χ3n) is 3.65. The van der Waals surface area contributed by atoms with Gasteiger partial charge in [-0.1, -0.05) is 0 Å². The molecule has 2 rings (SSSR count). The van der Waals surface area contributed by atoms with Crippen LogP contribution in [-0.4, -0.2) is 42.3 Å². The van der Waals surface area contributed by atoms with Crippen LogP contribution in [0.3, 0.4) is 0 Å². The zero-order valence-corrected chi connectivity index (χ0v) is 15.6. The summed E-state index contributed by atoms with van der Waals surface area (Å²) < 4.78 is 48.0. The number of guanidine groups is 1. The Morgan fingerprint density at radius 3 is 2.64 bits per heavy atom. The van der Waals surface area contributed by atoms with Crippen molar-refractivity contribution in [2.24, 2.45) is 4.99 Å². The van der Waals surface area contributed by atoms with Gasteiger partial charge in [0, 0.05) is 18.8 Å². The highest BCUT2D eigenvalue weighted by Crippen LogP contribution is 2.29. The summed E-state index contributed by atoms with van der Waals surface area (Å²) in [6, 6.07) is 5.44. The number of nitrogens with zero attached hydrogens (tertiary/aromatic N) is 2. The maximum Gasteiger partial charge on any atom is 0.417 e. The van der Waals surface area contributed by atoms with E-state index in [1.54, 1.807) is 19.1 Å². The molecule has 0 aromatic carbocycles. The molecule has 0 fully saturated rings. The average Bonchev–Trinajstić information content (AvgIpc) is 3.18. The molecule has 1 atom stereocenters. The van der Waals surface area contributed by atoms with Crippen LogP contribution in [0.1, 0.15) is 25.2 Å². The number of hydrogen-bond acceptors (Lipinski definition) is 5. The van der Waals surface area contributed by atoms with E-state index in [2.05, 4.69) is 20.6 Å². The summed E-state index contributed by atoms with van der Waals surface area (Å²) in [5.74, 6) is 0.958. The van der Waals surface area contributed by atoms with Crippen LogP contribution < -0.4 is 15.4 Å². The number of aromatic nitrogens is 1. The highest BCUT2D eigenvalue weighted by Gasteiger charge is 2.30. The van der Waals surface area contributed by atoms with Gasteiger partial charge < -0.3 is 24.9 Å². The van der Waals surface area contributed by atoms with Crippen LogP contribution >= 0.6 is 0 Å². The predicted octanol–water partition coefficient (Wildman–Crippen LogP) is 2.54. The summed E-state index contributed by atoms with van der Waals surface area (Å²) in [6.07, 6.45) is -2.23. The summed E-state index contributed by atoms with van der Waals surface area (Å²) >= 11 is 0. The highest BCUT2D eigenvalue weighted by molar-refractivity contribution is 5.79. The lowest BCUT2D eigenvalue weighted by Gasteiger charge is -2.19. The molecular weight excluding hydrogens is 377 g/mol. The van der Waals surface area contributed by atoms with E-state index in [4.69, 9.17) is 9.15 Å². The fraction of sp³-hybridized carbons (Fsp3) is 0.444. The quantitative estimate of drug-likeness (QED) is 0.358. The first kappa shape index (κ1) is 21.5. The molecule has 0 amide bonds. The van der Waals surface area contributed by atoms with Crippen LogP contribution in [0.25, 0.3) is 0 Å². The number of alkyl halides is 3. The first-order valence-corrected chi connectivity index (χ1v) is 8.67. The Balaban J connectivity index is 1.83. The van der Waals surface area contributed by atoms with Crippen molar-refractivity contribution in [3.05, 3.63) is 48.0 Å². The minimum Gasteiger partial charge on any atom is -0.476 e.